The van der Waals surface area contributed by atoms with Crippen LogP contribution in [0.2, 0.25) is 0 Å². The zero-order chi connectivity index (χ0) is 18.5. The van der Waals surface area contributed by atoms with E-state index in [1.54, 1.807) is 0 Å². The van der Waals surface area contributed by atoms with Crippen molar-refractivity contribution in [2.45, 2.75) is 38.6 Å². The molecule has 27 heavy (non-hydrogen) atoms. The molecule has 2 aromatic rings. The molecule has 2 fully saturated rings. The molecule has 5 nitrogen and oxygen atoms in total. The van der Waals surface area contributed by atoms with E-state index in [1.165, 1.54) is 12.8 Å². The van der Waals surface area contributed by atoms with Crippen LogP contribution >= 0.6 is 0 Å². The number of nitrogens with zero attached hydrogens (tertiary/aromatic N) is 4. The van der Waals surface area contributed by atoms with E-state index in [-0.39, 0.29) is 5.92 Å². The third-order valence-electron chi connectivity index (χ3n) is 5.67. The predicted molar refractivity (Wildman–Crippen MR) is 107 cm³/mol. The summed E-state index contributed by atoms with van der Waals surface area (Å²) in [5.41, 5.74) is 2.25. The molecule has 2 aliphatic rings. The molecular formula is C22H28N4O. The monoisotopic (exact) mass is 364 g/mol. The maximum absolute atomic E-state index is 12.7. The van der Waals surface area contributed by atoms with E-state index in [0.29, 0.717) is 12.2 Å². The Balaban J connectivity index is 1.32. The second kappa shape index (κ2) is 8.61. The van der Waals surface area contributed by atoms with Crippen molar-refractivity contribution >= 4 is 11.7 Å². The largest absolute Gasteiger partial charge is 0.341 e. The van der Waals surface area contributed by atoms with Gasteiger partial charge in [0.15, 0.2) is 0 Å². The van der Waals surface area contributed by atoms with Crippen molar-refractivity contribution in [3.63, 3.8) is 0 Å². The minimum Gasteiger partial charge on any atom is -0.341 e. The normalized spacial score (nSPS) is 20.7. The lowest BCUT2D eigenvalue weighted by atomic mass is 9.90. The number of benzene rings is 1. The average molecular weight is 364 g/mol. The van der Waals surface area contributed by atoms with Crippen LogP contribution in [0.5, 0.6) is 0 Å². The van der Waals surface area contributed by atoms with E-state index in [2.05, 4.69) is 19.8 Å². The highest BCUT2D eigenvalue weighted by atomic mass is 16.1. The molecule has 0 saturated carbocycles. The van der Waals surface area contributed by atoms with Gasteiger partial charge in [-0.05, 0) is 37.8 Å². The maximum Gasteiger partial charge on any atom is 0.225 e. The quantitative estimate of drug-likeness (QED) is 0.788. The van der Waals surface area contributed by atoms with Crippen LogP contribution < -0.4 is 4.90 Å². The smallest absolute Gasteiger partial charge is 0.225 e. The molecule has 1 unspecified atom stereocenters. The molecule has 1 aromatic heterocycles. The van der Waals surface area contributed by atoms with E-state index in [4.69, 9.17) is 0 Å². The zero-order valence-corrected chi connectivity index (χ0v) is 15.9. The first kappa shape index (κ1) is 18.1. The summed E-state index contributed by atoms with van der Waals surface area (Å²) in [6.45, 7) is 4.85. The molecule has 3 heterocycles. The van der Waals surface area contributed by atoms with Crippen LogP contribution in [-0.2, 0) is 17.8 Å². The third-order valence-corrected chi connectivity index (χ3v) is 5.67. The fraction of sp³-hybridized carbons (Fsp3) is 0.500. The summed E-state index contributed by atoms with van der Waals surface area (Å²) in [6, 6.07) is 10.1. The molecule has 142 valence electrons. The summed E-state index contributed by atoms with van der Waals surface area (Å²) in [6.07, 6.45) is 9.01. The first-order chi connectivity index (χ1) is 13.3. The number of ketones is 1. The molecule has 1 aromatic carbocycles. The summed E-state index contributed by atoms with van der Waals surface area (Å²) in [5, 5.41) is 0. The molecule has 0 aliphatic carbocycles. The summed E-state index contributed by atoms with van der Waals surface area (Å²) < 4.78 is 0. The van der Waals surface area contributed by atoms with Crippen LogP contribution in [0.1, 0.15) is 36.8 Å². The van der Waals surface area contributed by atoms with Gasteiger partial charge in [-0.15, -0.1) is 0 Å². The number of Topliss-reactive ketones (excluding diaryl/α,β-unsaturated/α-hetero) is 1. The number of carbonyl (C=O) groups excluding carboxylic acids is 1. The van der Waals surface area contributed by atoms with Gasteiger partial charge < -0.3 is 4.90 Å². The first-order valence-corrected chi connectivity index (χ1v) is 10.1. The van der Waals surface area contributed by atoms with Crippen LogP contribution in [-0.4, -0.2) is 46.8 Å². The summed E-state index contributed by atoms with van der Waals surface area (Å²) in [4.78, 5) is 26.4. The minimum absolute atomic E-state index is 0.142. The average Bonchev–Trinajstić information content (AvgIpc) is 3.24. The third kappa shape index (κ3) is 4.72. The van der Waals surface area contributed by atoms with Gasteiger partial charge >= 0.3 is 0 Å². The number of aromatic nitrogens is 2. The van der Waals surface area contributed by atoms with Gasteiger partial charge in [0.25, 0.3) is 0 Å². The second-order valence-electron chi connectivity index (χ2n) is 7.79. The van der Waals surface area contributed by atoms with Crippen LogP contribution in [0.25, 0.3) is 0 Å². The van der Waals surface area contributed by atoms with E-state index in [9.17, 15) is 4.79 Å². The van der Waals surface area contributed by atoms with Gasteiger partial charge in [-0.25, -0.2) is 9.97 Å². The van der Waals surface area contributed by atoms with Gasteiger partial charge in [-0.1, -0.05) is 30.3 Å². The Bertz CT molecular complexity index is 741. The molecule has 0 radical (unpaired) electrons. The van der Waals surface area contributed by atoms with Crippen molar-refractivity contribution in [3.8, 4) is 0 Å². The van der Waals surface area contributed by atoms with Crippen LogP contribution in [0.4, 0.5) is 5.95 Å². The van der Waals surface area contributed by atoms with Crippen LogP contribution in [0, 0.1) is 5.92 Å². The maximum atomic E-state index is 12.7. The fourth-order valence-corrected chi connectivity index (χ4v) is 4.17. The SMILES string of the molecule is O=C(Cc1ccccc1)C1CCCN(Cc2cnc(N3CCCC3)nc2)C1. The van der Waals surface area contributed by atoms with Crippen LogP contribution in [0.15, 0.2) is 42.7 Å². The van der Waals surface area contributed by atoms with Gasteiger partial charge in [0.1, 0.15) is 5.78 Å². The first-order valence-electron chi connectivity index (χ1n) is 10.1. The highest BCUT2D eigenvalue weighted by Gasteiger charge is 2.26. The molecule has 0 amide bonds. The lowest BCUT2D eigenvalue weighted by Gasteiger charge is -2.32. The summed E-state index contributed by atoms with van der Waals surface area (Å²) in [7, 11) is 0. The van der Waals surface area contributed by atoms with Crippen molar-refractivity contribution in [2.24, 2.45) is 5.92 Å². The lowest BCUT2D eigenvalue weighted by molar-refractivity contribution is -0.123. The van der Waals surface area contributed by atoms with Crippen LogP contribution in [0.3, 0.4) is 0 Å². The molecule has 4 rings (SSSR count). The molecule has 2 aliphatic heterocycles. The molecule has 5 heteroatoms. The van der Waals surface area contributed by atoms with E-state index in [1.807, 2.05) is 42.7 Å². The van der Waals surface area contributed by atoms with E-state index >= 15 is 0 Å². The molecule has 0 bridgehead atoms. The van der Waals surface area contributed by atoms with Crippen molar-refractivity contribution in [3.05, 3.63) is 53.9 Å². The fourth-order valence-electron chi connectivity index (χ4n) is 4.17. The topological polar surface area (TPSA) is 49.3 Å². The Morgan fingerprint density at radius 3 is 2.44 bits per heavy atom. The summed E-state index contributed by atoms with van der Waals surface area (Å²) in [5.74, 6) is 1.36. The molecule has 0 N–H and O–H groups in total. The second-order valence-corrected chi connectivity index (χ2v) is 7.79. The number of carbonyl (C=O) groups is 1. The Hall–Kier alpha value is -2.27. The number of hydrogen-bond acceptors (Lipinski definition) is 5. The number of hydrogen-bond donors (Lipinski definition) is 0. The zero-order valence-electron chi connectivity index (χ0n) is 15.9. The van der Waals surface area contributed by atoms with Crippen molar-refractivity contribution in [1.82, 2.24) is 14.9 Å². The molecular weight excluding hydrogens is 336 g/mol. The van der Waals surface area contributed by atoms with Gasteiger partial charge in [-0.3, -0.25) is 9.69 Å². The molecule has 1 atom stereocenters. The van der Waals surface area contributed by atoms with E-state index < -0.39 is 0 Å². The summed E-state index contributed by atoms with van der Waals surface area (Å²) >= 11 is 0. The Morgan fingerprint density at radius 2 is 1.70 bits per heavy atom. The molecule has 0 spiro atoms. The number of piperidine rings is 1. The lowest BCUT2D eigenvalue weighted by Crippen LogP contribution is -2.38. The predicted octanol–water partition coefficient (Wildman–Crippen LogP) is 3.10. The number of anilines is 1. The van der Waals surface area contributed by atoms with Gasteiger partial charge in [0, 0.05) is 56.5 Å². The van der Waals surface area contributed by atoms with Crippen molar-refractivity contribution < 1.29 is 4.79 Å². The van der Waals surface area contributed by atoms with Crippen molar-refractivity contribution in [2.75, 3.05) is 31.1 Å². The highest BCUT2D eigenvalue weighted by molar-refractivity contribution is 5.83. The minimum atomic E-state index is 0.142. The Morgan fingerprint density at radius 1 is 0.963 bits per heavy atom. The number of rotatable bonds is 6. The van der Waals surface area contributed by atoms with E-state index in [0.717, 1.165) is 62.6 Å². The van der Waals surface area contributed by atoms with Gasteiger partial charge in [-0.2, -0.15) is 0 Å². The standard InChI is InChI=1S/C22H28N4O/c27-21(13-18-7-2-1-3-8-18)20-9-6-10-25(17-20)16-19-14-23-22(24-15-19)26-11-4-5-12-26/h1-3,7-8,14-15,20H,4-6,9-13,16-17H2. The molecule has 2 saturated heterocycles. The number of likely N-dealkylation sites (tertiary alicyclic amines) is 1. The van der Waals surface area contributed by atoms with Gasteiger partial charge in [0.2, 0.25) is 5.95 Å². The highest BCUT2D eigenvalue weighted by Crippen LogP contribution is 2.21. The van der Waals surface area contributed by atoms with Crippen molar-refractivity contribution in [1.29, 1.82) is 0 Å². The van der Waals surface area contributed by atoms with Gasteiger partial charge in [0.05, 0.1) is 0 Å². The Kier molecular flexibility index (Phi) is 5.78. The Labute approximate surface area is 161 Å².